The van der Waals surface area contributed by atoms with Crippen molar-refractivity contribution < 1.29 is 5.11 Å². The van der Waals surface area contributed by atoms with Gasteiger partial charge in [0.1, 0.15) is 0 Å². The minimum Gasteiger partial charge on any atom is -0.392 e. The van der Waals surface area contributed by atoms with Gasteiger partial charge in [0.25, 0.3) is 0 Å². The summed E-state index contributed by atoms with van der Waals surface area (Å²) < 4.78 is 0. The molecule has 0 spiro atoms. The summed E-state index contributed by atoms with van der Waals surface area (Å²) in [4.78, 5) is 2.38. The van der Waals surface area contributed by atoms with Crippen molar-refractivity contribution in [3.8, 4) is 0 Å². The lowest BCUT2D eigenvalue weighted by molar-refractivity contribution is 0.128. The van der Waals surface area contributed by atoms with Crippen LogP contribution in [0.4, 0.5) is 0 Å². The third-order valence-electron chi connectivity index (χ3n) is 3.04. The molecule has 1 aliphatic heterocycles. The summed E-state index contributed by atoms with van der Waals surface area (Å²) in [5, 5.41) is 9.30. The maximum atomic E-state index is 9.30. The van der Waals surface area contributed by atoms with Gasteiger partial charge in [0.15, 0.2) is 0 Å². The van der Waals surface area contributed by atoms with Crippen molar-refractivity contribution in [1.82, 2.24) is 4.90 Å². The molecule has 0 aromatic rings. The summed E-state index contributed by atoms with van der Waals surface area (Å²) in [6.07, 6.45) is 4.80. The average Bonchev–Trinajstić information content (AvgIpc) is 2.31. The van der Waals surface area contributed by atoms with Crippen LogP contribution in [0, 0.1) is 5.92 Å². The molecule has 2 unspecified atom stereocenters. The third-order valence-corrected chi connectivity index (χ3v) is 3.04. The van der Waals surface area contributed by atoms with E-state index >= 15 is 0 Å². The van der Waals surface area contributed by atoms with E-state index in [1.165, 1.54) is 25.7 Å². The Labute approximate surface area is 87.3 Å². The van der Waals surface area contributed by atoms with Gasteiger partial charge in [0.05, 0.1) is 6.10 Å². The average molecular weight is 200 g/mol. The van der Waals surface area contributed by atoms with Crippen molar-refractivity contribution in [2.24, 2.45) is 11.7 Å². The normalized spacial score (nSPS) is 27.2. The molecular formula is C11H24N2O. The molecule has 0 bridgehead atoms. The molecular weight excluding hydrogens is 176 g/mol. The molecule has 0 radical (unpaired) electrons. The second-order valence-electron chi connectivity index (χ2n) is 4.52. The van der Waals surface area contributed by atoms with E-state index in [-0.39, 0.29) is 6.10 Å². The van der Waals surface area contributed by atoms with Gasteiger partial charge in [0, 0.05) is 6.54 Å². The van der Waals surface area contributed by atoms with Crippen LogP contribution >= 0.6 is 0 Å². The molecule has 0 amide bonds. The zero-order valence-electron chi connectivity index (χ0n) is 9.28. The predicted molar refractivity (Wildman–Crippen MR) is 59.1 cm³/mol. The molecule has 2 atom stereocenters. The zero-order chi connectivity index (χ0) is 10.4. The topological polar surface area (TPSA) is 49.5 Å². The third kappa shape index (κ3) is 4.40. The van der Waals surface area contributed by atoms with E-state index < -0.39 is 0 Å². The number of likely N-dealkylation sites (tertiary alicyclic amines) is 1. The molecule has 0 aromatic heterocycles. The summed E-state index contributed by atoms with van der Waals surface area (Å²) in [6, 6.07) is 0. The quantitative estimate of drug-likeness (QED) is 0.706. The fourth-order valence-corrected chi connectivity index (χ4v) is 2.31. The molecule has 0 aromatic carbocycles. The van der Waals surface area contributed by atoms with Gasteiger partial charge >= 0.3 is 0 Å². The molecule has 3 N–H and O–H groups in total. The number of hydrogen-bond donors (Lipinski definition) is 2. The first-order valence-corrected chi connectivity index (χ1v) is 5.83. The highest BCUT2D eigenvalue weighted by Crippen LogP contribution is 2.19. The fourth-order valence-electron chi connectivity index (χ4n) is 2.31. The van der Waals surface area contributed by atoms with Crippen LogP contribution in [0.5, 0.6) is 0 Å². The number of aliphatic hydroxyl groups excluding tert-OH is 1. The minimum absolute atomic E-state index is 0.193. The van der Waals surface area contributed by atoms with Crippen molar-refractivity contribution in [2.45, 2.75) is 38.7 Å². The Kier molecular flexibility index (Phi) is 5.45. The lowest BCUT2D eigenvalue weighted by atomic mass is 9.97. The Bertz CT molecular complexity index is 150. The number of hydrogen-bond acceptors (Lipinski definition) is 3. The van der Waals surface area contributed by atoms with Crippen LogP contribution < -0.4 is 5.73 Å². The van der Waals surface area contributed by atoms with E-state index in [9.17, 15) is 5.11 Å². The first-order chi connectivity index (χ1) is 6.72. The second kappa shape index (κ2) is 6.38. The van der Waals surface area contributed by atoms with Crippen LogP contribution in [0.2, 0.25) is 0 Å². The van der Waals surface area contributed by atoms with Crippen molar-refractivity contribution >= 4 is 0 Å². The van der Waals surface area contributed by atoms with E-state index in [0.29, 0.717) is 0 Å². The van der Waals surface area contributed by atoms with Crippen LogP contribution in [0.15, 0.2) is 0 Å². The zero-order valence-corrected chi connectivity index (χ0v) is 9.28. The van der Waals surface area contributed by atoms with Crippen molar-refractivity contribution in [2.75, 3.05) is 26.2 Å². The lowest BCUT2D eigenvalue weighted by Gasteiger charge is -2.21. The number of rotatable bonds is 4. The first-order valence-electron chi connectivity index (χ1n) is 5.83. The maximum absolute atomic E-state index is 9.30. The van der Waals surface area contributed by atoms with Gasteiger partial charge in [-0.15, -0.1) is 0 Å². The van der Waals surface area contributed by atoms with Crippen LogP contribution in [-0.4, -0.2) is 42.3 Å². The number of aliphatic hydroxyl groups is 1. The van der Waals surface area contributed by atoms with Crippen molar-refractivity contribution in [3.05, 3.63) is 0 Å². The monoisotopic (exact) mass is 200 g/mol. The van der Waals surface area contributed by atoms with Gasteiger partial charge in [-0.3, -0.25) is 0 Å². The Morgan fingerprint density at radius 3 is 2.86 bits per heavy atom. The highest BCUT2D eigenvalue weighted by molar-refractivity contribution is 4.71. The Morgan fingerprint density at radius 1 is 1.43 bits per heavy atom. The van der Waals surface area contributed by atoms with Crippen LogP contribution in [0.3, 0.4) is 0 Å². The second-order valence-corrected chi connectivity index (χ2v) is 4.52. The van der Waals surface area contributed by atoms with E-state index in [1.807, 2.05) is 6.92 Å². The molecule has 3 nitrogen and oxygen atoms in total. The summed E-state index contributed by atoms with van der Waals surface area (Å²) in [5.74, 6) is 0.819. The molecule has 1 rings (SSSR count). The van der Waals surface area contributed by atoms with Crippen molar-refractivity contribution in [3.63, 3.8) is 0 Å². The van der Waals surface area contributed by atoms with Gasteiger partial charge < -0.3 is 15.7 Å². The summed E-state index contributed by atoms with van der Waals surface area (Å²) >= 11 is 0. The SMILES string of the molecule is CC(O)CN1CCCC(CCN)CC1. The van der Waals surface area contributed by atoms with Crippen LogP contribution in [0.1, 0.15) is 32.6 Å². The molecule has 1 saturated heterocycles. The largest absolute Gasteiger partial charge is 0.392 e. The van der Waals surface area contributed by atoms with Crippen molar-refractivity contribution in [1.29, 1.82) is 0 Å². The summed E-state index contributed by atoms with van der Waals surface area (Å²) in [7, 11) is 0. The van der Waals surface area contributed by atoms with E-state index in [1.54, 1.807) is 0 Å². The molecule has 14 heavy (non-hydrogen) atoms. The molecule has 0 aliphatic carbocycles. The highest BCUT2D eigenvalue weighted by atomic mass is 16.3. The van der Waals surface area contributed by atoms with E-state index in [0.717, 1.165) is 32.1 Å². The number of nitrogens with zero attached hydrogens (tertiary/aromatic N) is 1. The molecule has 1 heterocycles. The predicted octanol–water partition coefficient (Wildman–Crippen LogP) is 0.818. The van der Waals surface area contributed by atoms with Gasteiger partial charge in [-0.2, -0.15) is 0 Å². The standard InChI is InChI=1S/C11H24N2O/c1-10(14)9-13-7-2-3-11(4-6-12)5-8-13/h10-11,14H,2-9,12H2,1H3. The smallest absolute Gasteiger partial charge is 0.0639 e. The summed E-state index contributed by atoms with van der Waals surface area (Å²) in [5.41, 5.74) is 5.57. The van der Waals surface area contributed by atoms with Gasteiger partial charge in [-0.1, -0.05) is 0 Å². The van der Waals surface area contributed by atoms with Gasteiger partial charge in [-0.05, 0) is 58.2 Å². The van der Waals surface area contributed by atoms with E-state index in [4.69, 9.17) is 5.73 Å². The number of nitrogens with two attached hydrogens (primary N) is 1. The molecule has 3 heteroatoms. The maximum Gasteiger partial charge on any atom is 0.0639 e. The van der Waals surface area contributed by atoms with Gasteiger partial charge in [-0.25, -0.2) is 0 Å². The molecule has 0 saturated carbocycles. The van der Waals surface area contributed by atoms with Gasteiger partial charge in [0.2, 0.25) is 0 Å². The Morgan fingerprint density at radius 2 is 2.21 bits per heavy atom. The lowest BCUT2D eigenvalue weighted by Crippen LogP contribution is -2.31. The number of β-amino-alcohol motifs (C(OH)–C–C–N with tert-alkyl or cyclic N) is 1. The first kappa shape index (κ1) is 12.0. The van der Waals surface area contributed by atoms with Crippen LogP contribution in [0.25, 0.3) is 0 Å². The summed E-state index contributed by atoms with van der Waals surface area (Å²) in [6.45, 7) is 5.79. The molecule has 84 valence electrons. The minimum atomic E-state index is -0.193. The van der Waals surface area contributed by atoms with Crippen LogP contribution in [-0.2, 0) is 0 Å². The Balaban J connectivity index is 2.25. The Hall–Kier alpha value is -0.120. The molecule has 1 aliphatic rings. The highest BCUT2D eigenvalue weighted by Gasteiger charge is 2.16. The van der Waals surface area contributed by atoms with E-state index in [2.05, 4.69) is 4.90 Å². The fraction of sp³-hybridized carbons (Fsp3) is 1.00. The molecule has 1 fully saturated rings.